The second kappa shape index (κ2) is 9.36. The predicted molar refractivity (Wildman–Crippen MR) is 129 cm³/mol. The number of para-hydroxylation sites is 1. The summed E-state index contributed by atoms with van der Waals surface area (Å²) in [5.41, 5.74) is 2.79. The van der Waals surface area contributed by atoms with E-state index in [-0.39, 0.29) is 6.61 Å². The third-order valence-electron chi connectivity index (χ3n) is 5.05. The lowest BCUT2D eigenvalue weighted by molar-refractivity contribution is 0.168. The number of fused-ring (bicyclic) bond motifs is 2. The Hall–Kier alpha value is -4.18. The van der Waals surface area contributed by atoms with Crippen LogP contribution in [0.25, 0.3) is 27.7 Å². The third-order valence-corrected chi connectivity index (χ3v) is 6.10. The molecule has 0 unspecified atom stereocenters. The van der Waals surface area contributed by atoms with Gasteiger partial charge in [-0.2, -0.15) is 5.10 Å². The molecule has 0 radical (unpaired) electrons. The maximum Gasteiger partial charge on any atom is 0.411 e. The van der Waals surface area contributed by atoms with Gasteiger partial charge in [-0.05, 0) is 36.8 Å². The number of carbonyl (C=O) groups is 1. The minimum absolute atomic E-state index is 0.260. The van der Waals surface area contributed by atoms with Gasteiger partial charge in [0, 0.05) is 29.0 Å². The summed E-state index contributed by atoms with van der Waals surface area (Å²) in [5.74, 6) is 0.482. The molecule has 0 spiro atoms. The number of hydrogen-bond donors (Lipinski definition) is 1. The van der Waals surface area contributed by atoms with Crippen LogP contribution >= 0.6 is 11.8 Å². The van der Waals surface area contributed by atoms with Gasteiger partial charge in [-0.25, -0.2) is 24.2 Å². The summed E-state index contributed by atoms with van der Waals surface area (Å²) in [6, 6.07) is 16.4. The van der Waals surface area contributed by atoms with Gasteiger partial charge in [0.25, 0.3) is 0 Å². The molecule has 5 rings (SSSR count). The van der Waals surface area contributed by atoms with Crippen LogP contribution in [-0.4, -0.2) is 32.4 Å². The van der Waals surface area contributed by atoms with Crippen LogP contribution in [0.2, 0.25) is 0 Å². The van der Waals surface area contributed by atoms with Crippen molar-refractivity contribution in [3.63, 3.8) is 0 Å². The molecule has 9 nitrogen and oxygen atoms in total. The van der Waals surface area contributed by atoms with E-state index in [9.17, 15) is 9.59 Å². The average molecular weight is 474 g/mol. The lowest BCUT2D eigenvalue weighted by Gasteiger charge is -2.09. The molecule has 0 aliphatic rings. The highest BCUT2D eigenvalue weighted by atomic mass is 32.2. The third kappa shape index (κ3) is 4.35. The Balaban J connectivity index is 1.43. The fraction of sp³-hybridized carbons (Fsp3) is 0.125. The molecule has 0 bridgehead atoms. The van der Waals surface area contributed by atoms with Crippen LogP contribution in [0.5, 0.6) is 0 Å². The van der Waals surface area contributed by atoms with Crippen LogP contribution in [0.1, 0.15) is 12.5 Å². The van der Waals surface area contributed by atoms with Crippen molar-refractivity contribution in [2.75, 3.05) is 11.9 Å². The lowest BCUT2D eigenvalue weighted by atomic mass is 10.1. The number of amides is 1. The number of benzene rings is 2. The summed E-state index contributed by atoms with van der Waals surface area (Å²) in [5, 5.41) is 9.45. The van der Waals surface area contributed by atoms with Crippen molar-refractivity contribution < 1.29 is 13.9 Å². The molecule has 0 atom stereocenters. The van der Waals surface area contributed by atoms with Gasteiger partial charge in [-0.1, -0.05) is 18.2 Å². The smallest absolute Gasteiger partial charge is 0.411 e. The van der Waals surface area contributed by atoms with E-state index >= 15 is 0 Å². The normalized spacial score (nSPS) is 11.1. The second-order valence-electron chi connectivity index (χ2n) is 7.24. The topological polar surface area (TPSA) is 112 Å². The van der Waals surface area contributed by atoms with Crippen molar-refractivity contribution in [1.82, 2.24) is 19.7 Å². The molecule has 0 aliphatic carbocycles. The monoisotopic (exact) mass is 473 g/mol. The Morgan fingerprint density at radius 1 is 1.12 bits per heavy atom. The van der Waals surface area contributed by atoms with Crippen LogP contribution in [-0.2, 0) is 10.5 Å². The highest BCUT2D eigenvalue weighted by molar-refractivity contribution is 7.98. The van der Waals surface area contributed by atoms with Gasteiger partial charge in [-0.3, -0.25) is 5.32 Å². The van der Waals surface area contributed by atoms with Gasteiger partial charge in [0.15, 0.2) is 5.65 Å². The van der Waals surface area contributed by atoms with Crippen molar-refractivity contribution in [2.45, 2.75) is 17.7 Å². The summed E-state index contributed by atoms with van der Waals surface area (Å²) in [6.07, 6.45) is 2.69. The van der Waals surface area contributed by atoms with E-state index in [1.165, 1.54) is 24.2 Å². The highest BCUT2D eigenvalue weighted by Gasteiger charge is 2.14. The number of nitrogens with zero attached hydrogens (tertiary/aromatic N) is 4. The molecule has 0 saturated heterocycles. The Morgan fingerprint density at radius 2 is 1.97 bits per heavy atom. The van der Waals surface area contributed by atoms with Crippen LogP contribution in [0.4, 0.5) is 10.5 Å². The van der Waals surface area contributed by atoms with Crippen molar-refractivity contribution in [3.8, 4) is 5.69 Å². The molecule has 34 heavy (non-hydrogen) atoms. The molecule has 3 aromatic heterocycles. The second-order valence-corrected chi connectivity index (χ2v) is 8.21. The molecular weight excluding hydrogens is 454 g/mol. The quantitative estimate of drug-likeness (QED) is 0.213. The Bertz CT molecular complexity index is 1550. The zero-order valence-electron chi connectivity index (χ0n) is 18.1. The van der Waals surface area contributed by atoms with E-state index < -0.39 is 11.7 Å². The van der Waals surface area contributed by atoms with Gasteiger partial charge < -0.3 is 9.15 Å². The van der Waals surface area contributed by atoms with Gasteiger partial charge in [0.05, 0.1) is 23.9 Å². The highest BCUT2D eigenvalue weighted by Crippen LogP contribution is 2.31. The van der Waals surface area contributed by atoms with Crippen molar-refractivity contribution in [1.29, 1.82) is 0 Å². The Morgan fingerprint density at radius 3 is 2.79 bits per heavy atom. The number of ether oxygens (including phenoxy) is 1. The molecule has 1 amide bonds. The van der Waals surface area contributed by atoms with Crippen molar-refractivity contribution in [3.05, 3.63) is 83.1 Å². The van der Waals surface area contributed by atoms with E-state index in [4.69, 9.17) is 9.15 Å². The molecule has 0 fully saturated rings. The average Bonchev–Trinajstić information content (AvgIpc) is 3.28. The molecule has 10 heteroatoms. The summed E-state index contributed by atoms with van der Waals surface area (Å²) < 4.78 is 12.0. The first-order chi connectivity index (χ1) is 16.6. The lowest BCUT2D eigenvalue weighted by Crippen LogP contribution is -2.13. The molecule has 5 aromatic rings. The maximum absolute atomic E-state index is 12.2. The number of carbonyl (C=O) groups excluding carboxylic acids is 1. The van der Waals surface area contributed by atoms with E-state index in [1.54, 1.807) is 36.0 Å². The summed E-state index contributed by atoms with van der Waals surface area (Å²) in [4.78, 5) is 32.7. The van der Waals surface area contributed by atoms with Gasteiger partial charge in [0.2, 0.25) is 0 Å². The van der Waals surface area contributed by atoms with Crippen LogP contribution in [0.15, 0.2) is 81.4 Å². The van der Waals surface area contributed by atoms with Crippen molar-refractivity contribution in [2.24, 2.45) is 0 Å². The zero-order chi connectivity index (χ0) is 23.5. The first-order valence-corrected chi connectivity index (χ1v) is 11.5. The molecular formula is C24H19N5O4S. The SMILES string of the molecule is CCOC(=O)Nc1ccc2c(CSc3ncnc4c3cnn4-c3ccccc3)cc(=O)oc2c1. The van der Waals surface area contributed by atoms with Gasteiger partial charge >= 0.3 is 11.7 Å². The fourth-order valence-corrected chi connectivity index (χ4v) is 4.51. The van der Waals surface area contributed by atoms with Gasteiger partial charge in [0.1, 0.15) is 16.9 Å². The standard InChI is InChI=1S/C24H19N5O4S/c1-2-32-24(31)28-16-8-9-18-15(10-21(30)33-20(18)11-16)13-34-23-19-12-27-29(22(19)25-14-26-23)17-6-4-3-5-7-17/h3-12,14H,2,13H2,1H3,(H,28,31). The number of aromatic nitrogens is 4. The molecule has 0 saturated carbocycles. The number of nitrogens with one attached hydrogen (secondary N) is 1. The summed E-state index contributed by atoms with van der Waals surface area (Å²) in [6.45, 7) is 1.98. The van der Waals surface area contributed by atoms with E-state index in [1.807, 2.05) is 30.3 Å². The van der Waals surface area contributed by atoms with Crippen LogP contribution < -0.4 is 10.9 Å². The Labute approximate surface area is 197 Å². The number of thioether (sulfide) groups is 1. The summed E-state index contributed by atoms with van der Waals surface area (Å²) in [7, 11) is 0. The Kier molecular flexibility index (Phi) is 5.96. The first-order valence-electron chi connectivity index (χ1n) is 10.5. The van der Waals surface area contributed by atoms with E-state index in [2.05, 4.69) is 20.4 Å². The zero-order valence-corrected chi connectivity index (χ0v) is 18.9. The molecule has 3 heterocycles. The summed E-state index contributed by atoms with van der Waals surface area (Å²) >= 11 is 1.48. The van der Waals surface area contributed by atoms with Crippen LogP contribution in [0.3, 0.4) is 0 Å². The molecule has 170 valence electrons. The van der Waals surface area contributed by atoms with Crippen molar-refractivity contribution >= 4 is 45.5 Å². The fourth-order valence-electron chi connectivity index (χ4n) is 3.55. The van der Waals surface area contributed by atoms with Crippen LogP contribution in [0, 0.1) is 0 Å². The van der Waals surface area contributed by atoms with E-state index in [0.29, 0.717) is 22.7 Å². The predicted octanol–water partition coefficient (Wildman–Crippen LogP) is 4.78. The maximum atomic E-state index is 12.2. The number of hydrogen-bond acceptors (Lipinski definition) is 8. The number of rotatable bonds is 6. The molecule has 2 aromatic carbocycles. The minimum Gasteiger partial charge on any atom is -0.450 e. The molecule has 1 N–H and O–H groups in total. The minimum atomic E-state index is -0.570. The van der Waals surface area contributed by atoms with E-state index in [0.717, 1.165) is 27.0 Å². The number of anilines is 1. The first kappa shape index (κ1) is 21.7. The van der Waals surface area contributed by atoms with Gasteiger partial charge in [-0.15, -0.1) is 11.8 Å². The molecule has 0 aliphatic heterocycles. The largest absolute Gasteiger partial charge is 0.450 e.